The van der Waals surface area contributed by atoms with Gasteiger partial charge < -0.3 is 15.2 Å². The number of aromatic nitrogens is 1. The molecule has 1 aromatic carbocycles. The molecule has 0 aliphatic heterocycles. The zero-order valence-electron chi connectivity index (χ0n) is 15.8. The zero-order chi connectivity index (χ0) is 20.0. The van der Waals surface area contributed by atoms with E-state index in [9.17, 15) is 4.79 Å². The van der Waals surface area contributed by atoms with Gasteiger partial charge in [0.15, 0.2) is 0 Å². The van der Waals surface area contributed by atoms with Crippen LogP contribution >= 0.6 is 11.6 Å². The van der Waals surface area contributed by atoms with E-state index in [0.29, 0.717) is 22.3 Å². The number of hydrogen-bond donors (Lipinski definition) is 2. The van der Waals surface area contributed by atoms with Gasteiger partial charge in [-0.25, -0.2) is 9.78 Å². The molecule has 144 valence electrons. The molecule has 1 atom stereocenters. The zero-order valence-corrected chi connectivity index (χ0v) is 16.6. The molecule has 0 unspecified atom stereocenters. The summed E-state index contributed by atoms with van der Waals surface area (Å²) < 4.78 is 10.9. The summed E-state index contributed by atoms with van der Waals surface area (Å²) in [6.45, 7) is 7.27. The van der Waals surface area contributed by atoms with Crippen LogP contribution in [-0.2, 0) is 4.74 Å². The van der Waals surface area contributed by atoms with Gasteiger partial charge >= 0.3 is 6.09 Å². The van der Waals surface area contributed by atoms with Crippen LogP contribution in [0.25, 0.3) is 6.08 Å². The summed E-state index contributed by atoms with van der Waals surface area (Å²) in [7, 11) is 0. The van der Waals surface area contributed by atoms with Crippen molar-refractivity contribution in [1.82, 2.24) is 4.98 Å². The highest BCUT2D eigenvalue weighted by Gasteiger charge is 2.16. The Morgan fingerprint density at radius 1 is 1.30 bits per heavy atom. The van der Waals surface area contributed by atoms with Gasteiger partial charge in [0, 0.05) is 24.0 Å². The van der Waals surface area contributed by atoms with Crippen molar-refractivity contribution in [3.63, 3.8) is 0 Å². The van der Waals surface area contributed by atoms with Crippen molar-refractivity contribution >= 4 is 29.5 Å². The molecule has 0 saturated carbocycles. The number of nitrogens with two attached hydrogens (primary N) is 1. The van der Waals surface area contributed by atoms with Gasteiger partial charge in [0.2, 0.25) is 5.88 Å². The molecule has 1 amide bonds. The van der Waals surface area contributed by atoms with Crippen LogP contribution in [0.2, 0.25) is 5.02 Å². The van der Waals surface area contributed by atoms with Crippen molar-refractivity contribution in [2.24, 2.45) is 5.73 Å². The Morgan fingerprint density at radius 3 is 2.59 bits per heavy atom. The minimum Gasteiger partial charge on any atom is -0.444 e. The lowest BCUT2D eigenvalue weighted by Gasteiger charge is -2.19. The van der Waals surface area contributed by atoms with Gasteiger partial charge in [0.05, 0.1) is 5.02 Å². The van der Waals surface area contributed by atoms with Crippen molar-refractivity contribution in [3.8, 4) is 11.6 Å². The molecular weight excluding hydrogens is 366 g/mol. The number of amides is 1. The summed E-state index contributed by atoms with van der Waals surface area (Å²) in [5, 5.41) is 2.97. The second kappa shape index (κ2) is 8.88. The molecule has 1 aromatic heterocycles. The first-order valence-electron chi connectivity index (χ1n) is 8.49. The van der Waals surface area contributed by atoms with Gasteiger partial charge in [0.25, 0.3) is 0 Å². The van der Waals surface area contributed by atoms with Gasteiger partial charge in [-0.3, -0.25) is 5.32 Å². The predicted molar refractivity (Wildman–Crippen MR) is 108 cm³/mol. The minimum absolute atomic E-state index is 0.0208. The molecule has 0 aliphatic rings. The van der Waals surface area contributed by atoms with Crippen LogP contribution in [0, 0.1) is 0 Å². The Kier molecular flexibility index (Phi) is 6.82. The van der Waals surface area contributed by atoms with Crippen molar-refractivity contribution in [2.45, 2.75) is 39.3 Å². The van der Waals surface area contributed by atoms with Gasteiger partial charge in [-0.15, -0.1) is 0 Å². The van der Waals surface area contributed by atoms with Crippen molar-refractivity contribution < 1.29 is 14.3 Å². The molecule has 1 heterocycles. The first-order valence-corrected chi connectivity index (χ1v) is 8.87. The second-order valence-electron chi connectivity index (χ2n) is 7.02. The SMILES string of the molecule is C[C@H](N)/C=C/c1ccc(Oc2ccc(NC(=O)OC(C)(C)C)cc2Cl)nc1. The van der Waals surface area contributed by atoms with Gasteiger partial charge in [-0.2, -0.15) is 0 Å². The van der Waals surface area contributed by atoms with E-state index in [0.717, 1.165) is 5.56 Å². The third-order valence-corrected chi connectivity index (χ3v) is 3.44. The van der Waals surface area contributed by atoms with E-state index in [2.05, 4.69) is 10.3 Å². The van der Waals surface area contributed by atoms with E-state index in [4.69, 9.17) is 26.8 Å². The first kappa shape index (κ1) is 20.7. The van der Waals surface area contributed by atoms with Crippen molar-refractivity contribution in [2.75, 3.05) is 5.32 Å². The Labute approximate surface area is 164 Å². The smallest absolute Gasteiger partial charge is 0.412 e. The average molecular weight is 390 g/mol. The Morgan fingerprint density at radius 2 is 2.04 bits per heavy atom. The Balaban J connectivity index is 2.02. The van der Waals surface area contributed by atoms with E-state index in [1.807, 2.05) is 25.1 Å². The molecular formula is C20H24ClN3O3. The fourth-order valence-electron chi connectivity index (χ4n) is 2.01. The fourth-order valence-corrected chi connectivity index (χ4v) is 2.23. The number of rotatable bonds is 5. The molecule has 27 heavy (non-hydrogen) atoms. The number of nitrogens with one attached hydrogen (secondary N) is 1. The lowest BCUT2D eigenvalue weighted by Crippen LogP contribution is -2.27. The van der Waals surface area contributed by atoms with Gasteiger partial charge in [-0.1, -0.05) is 23.8 Å². The summed E-state index contributed by atoms with van der Waals surface area (Å²) >= 11 is 6.24. The number of halogens is 1. The number of carbonyl (C=O) groups is 1. The number of ether oxygens (including phenoxy) is 2. The summed E-state index contributed by atoms with van der Waals surface area (Å²) in [4.78, 5) is 16.1. The summed E-state index contributed by atoms with van der Waals surface area (Å²) in [6, 6.07) is 8.50. The normalized spacial score (nSPS) is 12.7. The van der Waals surface area contributed by atoms with E-state index in [1.54, 1.807) is 51.2 Å². The topological polar surface area (TPSA) is 86.5 Å². The number of carbonyl (C=O) groups excluding carboxylic acids is 1. The Hall–Kier alpha value is -2.57. The summed E-state index contributed by atoms with van der Waals surface area (Å²) in [6.07, 6.45) is 4.90. The quantitative estimate of drug-likeness (QED) is 0.730. The lowest BCUT2D eigenvalue weighted by molar-refractivity contribution is 0.0636. The second-order valence-corrected chi connectivity index (χ2v) is 7.43. The van der Waals surface area contributed by atoms with Crippen LogP contribution < -0.4 is 15.8 Å². The van der Waals surface area contributed by atoms with Gasteiger partial charge in [0.1, 0.15) is 11.4 Å². The van der Waals surface area contributed by atoms with E-state index < -0.39 is 11.7 Å². The highest BCUT2D eigenvalue weighted by atomic mass is 35.5. The summed E-state index contributed by atoms with van der Waals surface area (Å²) in [5.74, 6) is 0.834. The number of benzene rings is 1. The maximum atomic E-state index is 11.8. The molecule has 2 aromatic rings. The molecule has 0 bridgehead atoms. The summed E-state index contributed by atoms with van der Waals surface area (Å²) in [5.41, 5.74) is 6.53. The number of nitrogens with zero attached hydrogens (tertiary/aromatic N) is 1. The highest BCUT2D eigenvalue weighted by molar-refractivity contribution is 6.32. The van der Waals surface area contributed by atoms with Crippen LogP contribution in [0.15, 0.2) is 42.6 Å². The maximum absolute atomic E-state index is 11.8. The number of hydrogen-bond acceptors (Lipinski definition) is 5. The minimum atomic E-state index is -0.577. The van der Waals surface area contributed by atoms with Crippen LogP contribution in [-0.4, -0.2) is 22.7 Å². The molecule has 2 rings (SSSR count). The van der Waals surface area contributed by atoms with E-state index in [1.165, 1.54) is 0 Å². The van der Waals surface area contributed by atoms with Crippen LogP contribution in [0.5, 0.6) is 11.6 Å². The number of anilines is 1. The Bertz CT molecular complexity index is 812. The molecule has 7 heteroatoms. The molecule has 0 fully saturated rings. The third kappa shape index (κ3) is 7.29. The largest absolute Gasteiger partial charge is 0.444 e. The lowest BCUT2D eigenvalue weighted by atomic mass is 10.2. The van der Waals surface area contributed by atoms with E-state index >= 15 is 0 Å². The standard InChI is InChI=1S/C20H24ClN3O3/c1-13(22)5-6-14-7-10-18(23-12-14)26-17-9-8-15(11-16(17)21)24-19(25)27-20(2,3)4/h5-13H,22H2,1-4H3,(H,24,25)/b6-5+/t13-/m0/s1. The van der Waals surface area contributed by atoms with Crippen molar-refractivity contribution in [1.29, 1.82) is 0 Å². The van der Waals surface area contributed by atoms with Crippen LogP contribution in [0.1, 0.15) is 33.3 Å². The van der Waals surface area contributed by atoms with Crippen molar-refractivity contribution in [3.05, 3.63) is 53.2 Å². The van der Waals surface area contributed by atoms with Gasteiger partial charge in [-0.05, 0) is 57.5 Å². The highest BCUT2D eigenvalue weighted by Crippen LogP contribution is 2.31. The van der Waals surface area contributed by atoms with E-state index in [-0.39, 0.29) is 6.04 Å². The molecule has 0 saturated heterocycles. The van der Waals surface area contributed by atoms with Crippen LogP contribution in [0.3, 0.4) is 0 Å². The fraction of sp³-hybridized carbons (Fsp3) is 0.300. The monoisotopic (exact) mass is 389 g/mol. The van der Waals surface area contributed by atoms with Crippen LogP contribution in [0.4, 0.5) is 10.5 Å². The number of pyridine rings is 1. The molecule has 0 radical (unpaired) electrons. The molecule has 0 aliphatic carbocycles. The predicted octanol–water partition coefficient (Wildman–Crippen LogP) is 5.23. The molecule has 0 spiro atoms. The maximum Gasteiger partial charge on any atom is 0.412 e. The molecule has 6 nitrogen and oxygen atoms in total. The molecule has 3 N–H and O–H groups in total. The third-order valence-electron chi connectivity index (χ3n) is 3.14. The first-order chi connectivity index (χ1) is 12.6. The average Bonchev–Trinajstić information content (AvgIpc) is 2.55.